The van der Waals surface area contributed by atoms with Gasteiger partial charge in [0.15, 0.2) is 0 Å². The summed E-state index contributed by atoms with van der Waals surface area (Å²) in [4.78, 5) is 29.8. The highest BCUT2D eigenvalue weighted by molar-refractivity contribution is 6.10. The highest BCUT2D eigenvalue weighted by atomic mass is 14.8. The molecule has 0 atom stereocenters. The van der Waals surface area contributed by atoms with E-state index in [-0.39, 0.29) is 0 Å². The molecule has 0 saturated heterocycles. The Labute approximate surface area is 309 Å². The predicted molar refractivity (Wildman–Crippen MR) is 220 cm³/mol. The lowest BCUT2D eigenvalue weighted by molar-refractivity contribution is 1.31. The zero-order valence-electron chi connectivity index (χ0n) is 28.8. The zero-order chi connectivity index (χ0) is 35.6. The monoisotopic (exact) mass is 688 g/mol. The van der Waals surface area contributed by atoms with Gasteiger partial charge in [0.1, 0.15) is 0 Å². The highest BCUT2D eigenvalue weighted by Crippen LogP contribution is 2.35. The van der Waals surface area contributed by atoms with Crippen molar-refractivity contribution in [1.29, 1.82) is 0 Å². The van der Waals surface area contributed by atoms with Crippen LogP contribution in [0.3, 0.4) is 0 Å². The van der Waals surface area contributed by atoms with Gasteiger partial charge in [-0.25, -0.2) is 19.9 Å². The number of nitrogens with zero attached hydrogens (tertiary/aromatic N) is 6. The number of aromatic nitrogens is 6. The summed E-state index contributed by atoms with van der Waals surface area (Å²) in [6.07, 6.45) is 3.63. The molecule has 0 fully saturated rings. The number of hydrogen-bond donors (Lipinski definition) is 0. The lowest BCUT2D eigenvalue weighted by atomic mass is 9.99. The minimum absolute atomic E-state index is 0.813. The first-order valence-electron chi connectivity index (χ1n) is 17.9. The summed E-state index contributed by atoms with van der Waals surface area (Å²) in [5.41, 5.74) is 13.2. The number of benzene rings is 5. The molecule has 0 aliphatic rings. The van der Waals surface area contributed by atoms with Crippen LogP contribution in [0.25, 0.3) is 110 Å². The fourth-order valence-electron chi connectivity index (χ4n) is 7.56. The number of hydrogen-bond acceptors (Lipinski definition) is 6. The van der Waals surface area contributed by atoms with Crippen LogP contribution < -0.4 is 0 Å². The molecule has 0 amide bonds. The van der Waals surface area contributed by atoms with Crippen molar-refractivity contribution in [3.05, 3.63) is 170 Å². The van der Waals surface area contributed by atoms with Gasteiger partial charge >= 0.3 is 0 Å². The first-order chi connectivity index (χ1) is 26.7. The normalized spacial score (nSPS) is 11.7. The summed E-state index contributed by atoms with van der Waals surface area (Å²) in [6, 6.07) is 54.4. The van der Waals surface area contributed by atoms with Crippen molar-refractivity contribution >= 4 is 65.4 Å². The minimum Gasteiger partial charge on any atom is -0.254 e. The van der Waals surface area contributed by atoms with Gasteiger partial charge in [-0.05, 0) is 71.8 Å². The van der Waals surface area contributed by atoms with Crippen molar-refractivity contribution in [2.24, 2.45) is 0 Å². The molecular formula is C48H28N6. The van der Waals surface area contributed by atoms with Crippen molar-refractivity contribution in [2.45, 2.75) is 0 Å². The quantitative estimate of drug-likeness (QED) is 0.171. The standard InChI is InChI=1S/C48H28N6/c1-2-6-29(7-3-1)39-19-15-31-11-12-32-16-23-43(54-47(32)46(31)53-39)42-22-14-30-10-13-34(28-44(30)52-42)33-17-20-40-35(26-33)18-21-41(51-40)38-27-36-8-4-24-49-45(36)48-37(38)9-5-25-50-48/h1-28H. The summed E-state index contributed by atoms with van der Waals surface area (Å²) in [7, 11) is 0. The highest BCUT2D eigenvalue weighted by Gasteiger charge is 2.14. The van der Waals surface area contributed by atoms with E-state index in [0.717, 1.165) is 110 Å². The van der Waals surface area contributed by atoms with E-state index in [2.05, 4.69) is 131 Å². The second-order valence-electron chi connectivity index (χ2n) is 13.6. The van der Waals surface area contributed by atoms with Gasteiger partial charge in [0, 0.05) is 55.8 Å². The molecule has 0 spiro atoms. The fraction of sp³-hybridized carbons (Fsp3) is 0. The molecule has 6 heteroatoms. The van der Waals surface area contributed by atoms with Crippen LogP contribution in [0.2, 0.25) is 0 Å². The maximum Gasteiger partial charge on any atom is 0.0973 e. The van der Waals surface area contributed by atoms with Crippen molar-refractivity contribution < 1.29 is 0 Å². The van der Waals surface area contributed by atoms with E-state index >= 15 is 0 Å². The van der Waals surface area contributed by atoms with Gasteiger partial charge in [-0.3, -0.25) is 9.97 Å². The molecule has 0 aliphatic heterocycles. The van der Waals surface area contributed by atoms with Crippen LogP contribution in [0.4, 0.5) is 0 Å². The molecule has 5 aromatic carbocycles. The van der Waals surface area contributed by atoms with Crippen LogP contribution in [-0.2, 0) is 0 Å². The summed E-state index contributed by atoms with van der Waals surface area (Å²) in [5.74, 6) is 0. The van der Waals surface area contributed by atoms with Gasteiger partial charge in [-0.2, -0.15) is 0 Å². The van der Waals surface area contributed by atoms with Crippen molar-refractivity contribution in [3.8, 4) is 45.0 Å². The maximum absolute atomic E-state index is 5.15. The van der Waals surface area contributed by atoms with E-state index in [4.69, 9.17) is 19.9 Å². The summed E-state index contributed by atoms with van der Waals surface area (Å²) < 4.78 is 0. The zero-order valence-corrected chi connectivity index (χ0v) is 28.8. The van der Waals surface area contributed by atoms with Crippen LogP contribution in [0, 0.1) is 0 Å². The van der Waals surface area contributed by atoms with E-state index in [1.807, 2.05) is 48.8 Å². The van der Waals surface area contributed by atoms with Gasteiger partial charge < -0.3 is 0 Å². The van der Waals surface area contributed by atoms with E-state index in [9.17, 15) is 0 Å². The summed E-state index contributed by atoms with van der Waals surface area (Å²) >= 11 is 0. The van der Waals surface area contributed by atoms with Crippen molar-refractivity contribution in [3.63, 3.8) is 0 Å². The molecule has 0 bridgehead atoms. The average Bonchev–Trinajstić information content (AvgIpc) is 3.25. The largest absolute Gasteiger partial charge is 0.254 e. The number of rotatable bonds is 4. The molecule has 6 heterocycles. The van der Waals surface area contributed by atoms with E-state index in [1.54, 1.807) is 0 Å². The SMILES string of the molecule is c1ccc(-c2ccc3ccc4ccc(-c5ccc6ccc(-c7ccc8nc(-c9cc%10cccnc%10c%10ncccc9%10)ccc8c7)cc6n5)nc4c3n2)cc1. The van der Waals surface area contributed by atoms with Gasteiger partial charge in [0.25, 0.3) is 0 Å². The Bertz CT molecular complexity index is 3290. The Morgan fingerprint density at radius 1 is 0.296 bits per heavy atom. The van der Waals surface area contributed by atoms with E-state index in [1.165, 1.54) is 0 Å². The Morgan fingerprint density at radius 2 is 0.907 bits per heavy atom. The summed E-state index contributed by atoms with van der Waals surface area (Å²) in [6.45, 7) is 0. The van der Waals surface area contributed by atoms with E-state index < -0.39 is 0 Å². The third-order valence-corrected chi connectivity index (χ3v) is 10.3. The second-order valence-corrected chi connectivity index (χ2v) is 13.6. The molecule has 11 rings (SSSR count). The second kappa shape index (κ2) is 12.1. The molecule has 11 aromatic rings. The maximum atomic E-state index is 5.15. The fourth-order valence-corrected chi connectivity index (χ4v) is 7.56. The first kappa shape index (κ1) is 30.2. The first-order valence-corrected chi connectivity index (χ1v) is 17.9. The van der Waals surface area contributed by atoms with Crippen LogP contribution in [0.15, 0.2) is 170 Å². The van der Waals surface area contributed by atoms with Crippen LogP contribution in [0.1, 0.15) is 0 Å². The molecule has 0 saturated carbocycles. The van der Waals surface area contributed by atoms with Crippen LogP contribution >= 0.6 is 0 Å². The molecule has 6 nitrogen and oxygen atoms in total. The van der Waals surface area contributed by atoms with Crippen LogP contribution in [0.5, 0.6) is 0 Å². The molecule has 0 unspecified atom stereocenters. The third kappa shape index (κ3) is 5.04. The molecule has 0 aliphatic carbocycles. The molecular weight excluding hydrogens is 661 g/mol. The number of pyridine rings is 6. The van der Waals surface area contributed by atoms with E-state index in [0.29, 0.717) is 0 Å². The average molecular weight is 689 g/mol. The van der Waals surface area contributed by atoms with Crippen molar-refractivity contribution in [2.75, 3.05) is 0 Å². The Hall–Kier alpha value is -7.44. The molecule has 54 heavy (non-hydrogen) atoms. The Morgan fingerprint density at radius 3 is 1.76 bits per heavy atom. The lowest BCUT2D eigenvalue weighted by Gasteiger charge is -2.11. The van der Waals surface area contributed by atoms with Crippen molar-refractivity contribution in [1.82, 2.24) is 29.9 Å². The van der Waals surface area contributed by atoms with Gasteiger partial charge in [-0.15, -0.1) is 0 Å². The van der Waals surface area contributed by atoms with Gasteiger partial charge in [-0.1, -0.05) is 97.1 Å². The third-order valence-electron chi connectivity index (χ3n) is 10.3. The topological polar surface area (TPSA) is 77.3 Å². The minimum atomic E-state index is 0.813. The molecule has 250 valence electrons. The molecule has 6 aromatic heterocycles. The Balaban J connectivity index is 0.957. The summed E-state index contributed by atoms with van der Waals surface area (Å²) in [5, 5.41) is 6.33. The van der Waals surface area contributed by atoms with Gasteiger partial charge in [0.2, 0.25) is 0 Å². The molecule has 0 radical (unpaired) electrons. The Kier molecular flexibility index (Phi) is 6.75. The lowest BCUT2D eigenvalue weighted by Crippen LogP contribution is -1.93. The predicted octanol–water partition coefficient (Wildman–Crippen LogP) is 11.6. The van der Waals surface area contributed by atoms with Crippen LogP contribution in [-0.4, -0.2) is 29.9 Å². The number of fused-ring (bicyclic) bond motifs is 8. The smallest absolute Gasteiger partial charge is 0.0973 e. The van der Waals surface area contributed by atoms with Gasteiger partial charge in [0.05, 0.1) is 55.9 Å². The molecule has 0 N–H and O–H groups in total.